The summed E-state index contributed by atoms with van der Waals surface area (Å²) in [6.07, 6.45) is -6.56. The van der Waals surface area contributed by atoms with Crippen LogP contribution in [0.1, 0.15) is 13.3 Å². The maximum Gasteiger partial charge on any atom is 0.274 e. The average Bonchev–Trinajstić information content (AvgIpc) is 2.48. The minimum atomic E-state index is -2.60. The van der Waals surface area contributed by atoms with Crippen molar-refractivity contribution in [3.05, 3.63) is 0 Å². The monoisotopic (exact) mass is 350 g/mol. The number of ether oxygens (including phenoxy) is 3. The topological polar surface area (TPSA) is 153 Å². The van der Waals surface area contributed by atoms with Crippen molar-refractivity contribution >= 4 is 0 Å². The van der Waals surface area contributed by atoms with Crippen LogP contribution in [-0.4, -0.2) is 100 Å². The molecule has 1 aliphatic carbocycles. The van der Waals surface area contributed by atoms with E-state index in [0.717, 1.165) is 0 Å². The van der Waals surface area contributed by atoms with Gasteiger partial charge in [-0.1, -0.05) is 0 Å². The fraction of sp³-hybridized carbons (Fsp3) is 1.00. The molecular formula is C14H26N2O8. The minimum absolute atomic E-state index is 0.283. The van der Waals surface area contributed by atoms with Crippen molar-refractivity contribution in [2.45, 2.75) is 73.8 Å². The molecule has 10 heteroatoms. The first-order valence-electron chi connectivity index (χ1n) is 8.03. The number of fused-ring (bicyclic) bond motifs is 2. The van der Waals surface area contributed by atoms with E-state index >= 15 is 0 Å². The first-order valence-corrected chi connectivity index (χ1v) is 8.03. The lowest BCUT2D eigenvalue weighted by Gasteiger charge is -2.58. The molecule has 140 valence electrons. The third-order valence-electron chi connectivity index (χ3n) is 5.20. The molecule has 3 fully saturated rings. The Morgan fingerprint density at radius 3 is 2.12 bits per heavy atom. The van der Waals surface area contributed by atoms with Gasteiger partial charge in [-0.05, 0) is 21.0 Å². The van der Waals surface area contributed by atoms with Gasteiger partial charge < -0.3 is 50.4 Å². The van der Waals surface area contributed by atoms with Crippen molar-refractivity contribution in [1.29, 1.82) is 0 Å². The molecule has 0 aromatic carbocycles. The zero-order valence-corrected chi connectivity index (χ0v) is 13.8. The number of hydrogen-bond acceptors (Lipinski definition) is 10. The van der Waals surface area contributed by atoms with Gasteiger partial charge in [-0.3, -0.25) is 0 Å². The Bertz CT molecular complexity index is 480. The minimum Gasteiger partial charge on any atom is -0.390 e. The summed E-state index contributed by atoms with van der Waals surface area (Å²) >= 11 is 0. The first kappa shape index (κ1) is 18.4. The molecule has 0 bridgehead atoms. The van der Waals surface area contributed by atoms with Gasteiger partial charge in [0.1, 0.15) is 18.3 Å². The van der Waals surface area contributed by atoms with Crippen LogP contribution in [0.4, 0.5) is 0 Å². The van der Waals surface area contributed by atoms with E-state index in [9.17, 15) is 25.5 Å². The number of aliphatic hydroxyl groups is 5. The van der Waals surface area contributed by atoms with Crippen LogP contribution < -0.4 is 10.6 Å². The SMILES string of the molecule is CN[C@@H]1[C@H](O)[C@H](NC)[C@H]2O[C@]3(O)[C@H](O[C@@H]2[C@H]1O)O[C@H](C)CC3(O)O. The van der Waals surface area contributed by atoms with Gasteiger partial charge in [-0.2, -0.15) is 0 Å². The number of rotatable bonds is 2. The van der Waals surface area contributed by atoms with Crippen LogP contribution in [0, 0.1) is 0 Å². The quantitative estimate of drug-likeness (QED) is 0.247. The maximum absolute atomic E-state index is 10.7. The summed E-state index contributed by atoms with van der Waals surface area (Å²) in [5.74, 6) is -5.14. The Morgan fingerprint density at radius 2 is 1.54 bits per heavy atom. The predicted octanol–water partition coefficient (Wildman–Crippen LogP) is -3.81. The van der Waals surface area contributed by atoms with Crippen molar-refractivity contribution < 1.29 is 39.7 Å². The zero-order chi connectivity index (χ0) is 17.9. The van der Waals surface area contributed by atoms with E-state index < -0.39 is 60.5 Å². The summed E-state index contributed by atoms with van der Waals surface area (Å²) in [6.45, 7) is 1.60. The Labute approximate surface area is 139 Å². The maximum atomic E-state index is 10.7. The molecule has 0 aromatic heterocycles. The van der Waals surface area contributed by atoms with E-state index in [4.69, 9.17) is 14.2 Å². The second-order valence-corrected chi connectivity index (χ2v) is 6.79. The van der Waals surface area contributed by atoms with Crippen LogP contribution in [0.3, 0.4) is 0 Å². The molecule has 2 aliphatic heterocycles. The van der Waals surface area contributed by atoms with Crippen LogP contribution in [0.5, 0.6) is 0 Å². The highest BCUT2D eigenvalue weighted by molar-refractivity contribution is 5.10. The smallest absolute Gasteiger partial charge is 0.274 e. The summed E-state index contributed by atoms with van der Waals surface area (Å²) in [7, 11) is 3.18. The summed E-state index contributed by atoms with van der Waals surface area (Å²) < 4.78 is 16.7. The fourth-order valence-electron chi connectivity index (χ4n) is 3.91. The second-order valence-electron chi connectivity index (χ2n) is 6.79. The van der Waals surface area contributed by atoms with Crippen molar-refractivity contribution in [3.8, 4) is 0 Å². The molecule has 9 atom stereocenters. The van der Waals surface area contributed by atoms with Crippen molar-refractivity contribution in [3.63, 3.8) is 0 Å². The Balaban J connectivity index is 1.95. The van der Waals surface area contributed by atoms with Crippen molar-refractivity contribution in [2.24, 2.45) is 0 Å². The second kappa shape index (κ2) is 6.09. The number of hydrogen-bond donors (Lipinski definition) is 7. The molecule has 2 saturated heterocycles. The van der Waals surface area contributed by atoms with E-state index in [1.807, 2.05) is 0 Å². The third-order valence-corrected chi connectivity index (χ3v) is 5.20. The van der Waals surface area contributed by atoms with Crippen molar-refractivity contribution in [2.75, 3.05) is 14.1 Å². The molecule has 3 rings (SSSR count). The predicted molar refractivity (Wildman–Crippen MR) is 78.5 cm³/mol. The molecule has 10 nitrogen and oxygen atoms in total. The van der Waals surface area contributed by atoms with E-state index in [2.05, 4.69) is 10.6 Å². The molecule has 3 aliphatic rings. The van der Waals surface area contributed by atoms with Crippen LogP contribution in [-0.2, 0) is 14.2 Å². The third kappa shape index (κ3) is 2.50. The Morgan fingerprint density at radius 1 is 0.917 bits per heavy atom. The zero-order valence-electron chi connectivity index (χ0n) is 13.8. The highest BCUT2D eigenvalue weighted by Gasteiger charge is 2.68. The first-order chi connectivity index (χ1) is 11.2. The van der Waals surface area contributed by atoms with Gasteiger partial charge in [0, 0.05) is 6.42 Å². The molecule has 0 radical (unpaired) electrons. The summed E-state index contributed by atoms with van der Waals surface area (Å²) in [6, 6.07) is -1.43. The fourth-order valence-corrected chi connectivity index (χ4v) is 3.91. The molecule has 0 aromatic rings. The highest BCUT2D eigenvalue weighted by Crippen LogP contribution is 2.45. The van der Waals surface area contributed by atoms with Gasteiger partial charge in [0.2, 0.25) is 12.1 Å². The summed E-state index contributed by atoms with van der Waals surface area (Å²) in [4.78, 5) is 0. The normalized spacial score (nSPS) is 54.0. The lowest BCUT2D eigenvalue weighted by atomic mass is 9.79. The Kier molecular flexibility index (Phi) is 4.67. The van der Waals surface area contributed by atoms with Gasteiger partial charge >= 0.3 is 0 Å². The van der Waals surface area contributed by atoms with Gasteiger partial charge in [-0.25, -0.2) is 0 Å². The molecule has 7 N–H and O–H groups in total. The molecule has 0 unspecified atom stereocenters. The van der Waals surface area contributed by atoms with Crippen molar-refractivity contribution in [1.82, 2.24) is 10.6 Å². The molecule has 24 heavy (non-hydrogen) atoms. The number of likely N-dealkylation sites (N-methyl/N-ethyl adjacent to an activating group) is 2. The van der Waals surface area contributed by atoms with E-state index in [1.165, 1.54) is 0 Å². The van der Waals surface area contributed by atoms with Crippen LogP contribution in [0.2, 0.25) is 0 Å². The largest absolute Gasteiger partial charge is 0.390 e. The van der Waals surface area contributed by atoms with Gasteiger partial charge in [-0.15, -0.1) is 0 Å². The number of nitrogens with one attached hydrogen (secondary N) is 2. The van der Waals surface area contributed by atoms with Crippen LogP contribution in [0.25, 0.3) is 0 Å². The summed E-state index contributed by atoms with van der Waals surface area (Å²) in [5.41, 5.74) is 0. The lowest BCUT2D eigenvalue weighted by molar-refractivity contribution is -0.514. The lowest BCUT2D eigenvalue weighted by Crippen LogP contribution is -2.80. The number of aliphatic hydroxyl groups excluding tert-OH is 2. The molecule has 0 spiro atoms. The Hall–Kier alpha value is -0.400. The van der Waals surface area contributed by atoms with Gasteiger partial charge in [0.25, 0.3) is 5.79 Å². The summed E-state index contributed by atoms with van der Waals surface area (Å²) in [5, 5.41) is 57.8. The van der Waals surface area contributed by atoms with E-state index in [0.29, 0.717) is 0 Å². The standard InChI is InChI=1S/C14H26N2O8/c1-5-4-13(19,20)14(21)12(22-5)23-11-9(18)6(15-2)8(17)7(16-3)10(11)24-14/h5-12,15-21H,4H2,1-3H3/t5-,6-,7+,8+,9+,10-,11-,12+,14-/m1/s1. The molecule has 0 amide bonds. The van der Waals surface area contributed by atoms with Crippen LogP contribution >= 0.6 is 0 Å². The molecule has 2 heterocycles. The van der Waals surface area contributed by atoms with Crippen LogP contribution in [0.15, 0.2) is 0 Å². The van der Waals surface area contributed by atoms with Gasteiger partial charge in [0.05, 0.1) is 24.3 Å². The highest BCUT2D eigenvalue weighted by atomic mass is 16.8. The average molecular weight is 350 g/mol. The van der Waals surface area contributed by atoms with E-state index in [-0.39, 0.29) is 6.42 Å². The molecule has 1 saturated carbocycles. The molecular weight excluding hydrogens is 324 g/mol. The van der Waals surface area contributed by atoms with Gasteiger partial charge in [0.15, 0.2) is 0 Å². The van der Waals surface area contributed by atoms with E-state index in [1.54, 1.807) is 21.0 Å².